The van der Waals surface area contributed by atoms with Crippen molar-refractivity contribution >= 4 is 49.0 Å². The van der Waals surface area contributed by atoms with Crippen LogP contribution in [0.15, 0.2) is 13.6 Å². The molecule has 1 aliphatic rings. The predicted molar refractivity (Wildman–Crippen MR) is 87.2 cm³/mol. The van der Waals surface area contributed by atoms with Crippen molar-refractivity contribution in [3.8, 4) is 0 Å². The first-order valence-corrected chi connectivity index (χ1v) is 8.61. The monoisotopic (exact) mass is 408 g/mol. The summed E-state index contributed by atoms with van der Waals surface area (Å²) in [6.45, 7) is 7.84. The van der Waals surface area contributed by atoms with E-state index in [2.05, 4.69) is 62.6 Å². The first-order valence-electron chi connectivity index (χ1n) is 6.21. The molecule has 6 heteroatoms. The minimum Gasteiger partial charge on any atom is -0.299 e. The first-order chi connectivity index (χ1) is 8.79. The number of carbonyl (C=O) groups excluding carboxylic acids is 1. The molecule has 1 saturated heterocycles. The molecule has 0 N–H and O–H groups in total. The second-order valence-electron chi connectivity index (χ2n) is 5.61. The molecule has 0 aromatic carbocycles. The number of piperazine rings is 1. The van der Waals surface area contributed by atoms with Crippen molar-refractivity contribution in [2.75, 3.05) is 33.2 Å². The molecule has 0 aliphatic carbocycles. The van der Waals surface area contributed by atoms with E-state index < -0.39 is 0 Å². The molecule has 0 saturated carbocycles. The molecular formula is C13H18Br2N2OS. The highest BCUT2D eigenvalue weighted by molar-refractivity contribution is 9.12. The first kappa shape index (κ1) is 15.6. The Kier molecular flexibility index (Phi) is 4.88. The number of nitrogens with zero attached hydrogens (tertiary/aromatic N) is 2. The van der Waals surface area contributed by atoms with Gasteiger partial charge in [0.1, 0.15) is 0 Å². The second-order valence-corrected chi connectivity index (χ2v) is 9.36. The fourth-order valence-electron chi connectivity index (χ4n) is 2.29. The highest BCUT2D eigenvalue weighted by Gasteiger charge is 2.32. The summed E-state index contributed by atoms with van der Waals surface area (Å²) in [5.74, 6) is 0.189. The summed E-state index contributed by atoms with van der Waals surface area (Å²) in [7, 11) is 2.14. The summed E-state index contributed by atoms with van der Waals surface area (Å²) in [6, 6.07) is 1.90. The maximum atomic E-state index is 12.3. The number of Topliss-reactive ketones (excluding diaryl/α,β-unsaturated/α-hetero) is 1. The van der Waals surface area contributed by atoms with Crippen molar-refractivity contribution < 1.29 is 4.79 Å². The molecule has 19 heavy (non-hydrogen) atoms. The summed E-state index contributed by atoms with van der Waals surface area (Å²) >= 11 is 8.42. The van der Waals surface area contributed by atoms with Crippen LogP contribution >= 0.6 is 43.2 Å². The molecule has 0 bridgehead atoms. The molecule has 1 aromatic rings. The minimum atomic E-state index is 0.130. The van der Waals surface area contributed by atoms with Crippen LogP contribution in [0.2, 0.25) is 0 Å². The van der Waals surface area contributed by atoms with Crippen molar-refractivity contribution in [3.05, 3.63) is 19.2 Å². The maximum absolute atomic E-state index is 12.3. The lowest BCUT2D eigenvalue weighted by Crippen LogP contribution is -2.58. The van der Waals surface area contributed by atoms with Gasteiger partial charge in [0.15, 0.2) is 5.78 Å². The number of rotatable bonds is 3. The number of ketones is 1. The number of hydrogen-bond donors (Lipinski definition) is 0. The van der Waals surface area contributed by atoms with Gasteiger partial charge in [0.05, 0.1) is 14.1 Å². The van der Waals surface area contributed by atoms with Crippen molar-refractivity contribution in [2.45, 2.75) is 19.4 Å². The Morgan fingerprint density at radius 1 is 1.42 bits per heavy atom. The van der Waals surface area contributed by atoms with Gasteiger partial charge in [0.2, 0.25) is 0 Å². The van der Waals surface area contributed by atoms with Gasteiger partial charge in [0, 0.05) is 30.7 Å². The van der Waals surface area contributed by atoms with E-state index in [9.17, 15) is 4.79 Å². The topological polar surface area (TPSA) is 23.6 Å². The third kappa shape index (κ3) is 3.67. The molecular weight excluding hydrogens is 392 g/mol. The standard InChI is InChI=1S/C13H18Br2N2OS/c1-13(2)8-17(5-4-16(13)3)7-10(18)9-6-11(14)19-12(9)15/h6H,4-5,7-8H2,1-3H3. The van der Waals surface area contributed by atoms with Crippen LogP contribution in [-0.4, -0.2) is 54.3 Å². The van der Waals surface area contributed by atoms with Crippen LogP contribution in [0.25, 0.3) is 0 Å². The number of hydrogen-bond acceptors (Lipinski definition) is 4. The molecule has 0 unspecified atom stereocenters. The average Bonchev–Trinajstić information content (AvgIpc) is 2.63. The van der Waals surface area contributed by atoms with Crippen LogP contribution in [0, 0.1) is 0 Å². The van der Waals surface area contributed by atoms with Gasteiger partial charge in [-0.2, -0.15) is 0 Å². The quantitative estimate of drug-likeness (QED) is 0.714. The maximum Gasteiger partial charge on any atom is 0.178 e. The van der Waals surface area contributed by atoms with Gasteiger partial charge in [-0.3, -0.25) is 14.6 Å². The smallest absolute Gasteiger partial charge is 0.178 e. The Bertz CT molecular complexity index is 487. The number of carbonyl (C=O) groups is 1. The molecule has 106 valence electrons. The Hall–Kier alpha value is 0.250. The summed E-state index contributed by atoms with van der Waals surface area (Å²) in [5.41, 5.74) is 0.916. The average molecular weight is 410 g/mol. The van der Waals surface area contributed by atoms with Gasteiger partial charge < -0.3 is 0 Å². The van der Waals surface area contributed by atoms with Crippen LogP contribution < -0.4 is 0 Å². The number of halogens is 2. The summed E-state index contributed by atoms with van der Waals surface area (Å²) in [6.07, 6.45) is 0. The van der Waals surface area contributed by atoms with Crippen molar-refractivity contribution in [2.24, 2.45) is 0 Å². The zero-order valence-corrected chi connectivity index (χ0v) is 15.4. The van der Waals surface area contributed by atoms with Crippen molar-refractivity contribution in [1.29, 1.82) is 0 Å². The fraction of sp³-hybridized carbons (Fsp3) is 0.615. The van der Waals surface area contributed by atoms with Crippen LogP contribution in [0.4, 0.5) is 0 Å². The van der Waals surface area contributed by atoms with E-state index in [4.69, 9.17) is 0 Å². The SMILES string of the molecule is CN1CCN(CC(=O)c2cc(Br)sc2Br)CC1(C)C. The van der Waals surface area contributed by atoms with E-state index in [0.717, 1.165) is 32.8 Å². The third-order valence-electron chi connectivity index (χ3n) is 3.72. The lowest BCUT2D eigenvalue weighted by Gasteiger charge is -2.45. The second kappa shape index (κ2) is 5.93. The Morgan fingerprint density at radius 2 is 2.11 bits per heavy atom. The molecule has 2 rings (SSSR count). The van der Waals surface area contributed by atoms with Gasteiger partial charge >= 0.3 is 0 Å². The van der Waals surface area contributed by atoms with Crippen LogP contribution in [-0.2, 0) is 0 Å². The van der Waals surface area contributed by atoms with Gasteiger partial charge in [-0.05, 0) is 58.8 Å². The highest BCUT2D eigenvalue weighted by atomic mass is 79.9. The van der Waals surface area contributed by atoms with E-state index in [-0.39, 0.29) is 11.3 Å². The van der Waals surface area contributed by atoms with E-state index >= 15 is 0 Å². The van der Waals surface area contributed by atoms with Gasteiger partial charge in [-0.25, -0.2) is 0 Å². The van der Waals surface area contributed by atoms with Crippen molar-refractivity contribution in [1.82, 2.24) is 9.80 Å². The molecule has 0 atom stereocenters. The molecule has 0 radical (unpaired) electrons. The zero-order valence-electron chi connectivity index (χ0n) is 11.4. The molecule has 0 spiro atoms. The highest BCUT2D eigenvalue weighted by Crippen LogP contribution is 2.32. The largest absolute Gasteiger partial charge is 0.299 e. The Labute approximate surface area is 135 Å². The van der Waals surface area contributed by atoms with Gasteiger partial charge in [0.25, 0.3) is 0 Å². The van der Waals surface area contributed by atoms with E-state index in [1.807, 2.05) is 6.07 Å². The number of likely N-dealkylation sites (N-methyl/N-ethyl adjacent to an activating group) is 1. The van der Waals surface area contributed by atoms with E-state index in [1.165, 1.54) is 0 Å². The minimum absolute atomic E-state index is 0.130. The van der Waals surface area contributed by atoms with E-state index in [1.54, 1.807) is 11.3 Å². The lowest BCUT2D eigenvalue weighted by atomic mass is 9.99. The number of thiophene rings is 1. The predicted octanol–water partition coefficient (Wildman–Crippen LogP) is 3.48. The third-order valence-corrected chi connectivity index (χ3v) is 6.06. The lowest BCUT2D eigenvalue weighted by molar-refractivity contribution is 0.0389. The molecule has 1 fully saturated rings. The van der Waals surface area contributed by atoms with Crippen LogP contribution in [0.5, 0.6) is 0 Å². The summed E-state index contributed by atoms with van der Waals surface area (Å²) < 4.78 is 1.90. The van der Waals surface area contributed by atoms with Gasteiger partial charge in [-0.1, -0.05) is 0 Å². The van der Waals surface area contributed by atoms with Gasteiger partial charge in [-0.15, -0.1) is 11.3 Å². The van der Waals surface area contributed by atoms with Crippen LogP contribution in [0.3, 0.4) is 0 Å². The molecule has 2 heterocycles. The van der Waals surface area contributed by atoms with E-state index in [0.29, 0.717) is 6.54 Å². The van der Waals surface area contributed by atoms with Crippen molar-refractivity contribution in [3.63, 3.8) is 0 Å². The summed E-state index contributed by atoms with van der Waals surface area (Å²) in [4.78, 5) is 16.9. The molecule has 0 amide bonds. The fourth-order valence-corrected chi connectivity index (χ4v) is 5.15. The normalized spacial score (nSPS) is 20.7. The zero-order chi connectivity index (χ0) is 14.2. The summed E-state index contributed by atoms with van der Waals surface area (Å²) in [5, 5.41) is 0. The molecule has 1 aliphatic heterocycles. The Morgan fingerprint density at radius 3 is 2.63 bits per heavy atom. The molecule has 1 aromatic heterocycles. The Balaban J connectivity index is 2.02. The molecule has 3 nitrogen and oxygen atoms in total. The van der Waals surface area contributed by atoms with Crippen LogP contribution in [0.1, 0.15) is 24.2 Å².